The lowest BCUT2D eigenvalue weighted by Crippen LogP contribution is -2.20. The maximum Gasteiger partial charge on any atom is 0.339 e. The van der Waals surface area contributed by atoms with Crippen molar-refractivity contribution in [2.75, 3.05) is 6.16 Å². The Balaban J connectivity index is 4.29. The molecule has 15 heavy (non-hydrogen) atoms. The summed E-state index contributed by atoms with van der Waals surface area (Å²) in [6.07, 6.45) is -1.31. The highest BCUT2D eigenvalue weighted by molar-refractivity contribution is 7.53. The van der Waals surface area contributed by atoms with E-state index in [0.29, 0.717) is 0 Å². The van der Waals surface area contributed by atoms with Gasteiger partial charge in [0.1, 0.15) is 0 Å². The normalized spacial score (nSPS) is 14.9. The number of hydrogen-bond acceptors (Lipinski definition) is 3. The molecule has 0 saturated heterocycles. The van der Waals surface area contributed by atoms with Gasteiger partial charge >= 0.3 is 21.2 Å². The summed E-state index contributed by atoms with van der Waals surface area (Å²) in [6, 6.07) is 0. The summed E-state index contributed by atoms with van der Waals surface area (Å²) in [5, 5.41) is 8.45. The number of aliphatic carboxylic acids is 1. The van der Waals surface area contributed by atoms with Crippen LogP contribution in [0.4, 0.5) is 0 Å². The van der Waals surface area contributed by atoms with Crippen molar-refractivity contribution in [1.82, 2.24) is 0 Å². The molecule has 90 valence electrons. The third kappa shape index (κ3) is 6.78. The Labute approximate surface area is 85.3 Å². The van der Waals surface area contributed by atoms with Crippen LogP contribution in [0.15, 0.2) is 0 Å². The van der Waals surface area contributed by atoms with E-state index in [4.69, 9.17) is 24.7 Å². The van der Waals surface area contributed by atoms with E-state index in [1.54, 1.807) is 0 Å². The highest BCUT2D eigenvalue weighted by atomic mass is 31.2. The highest BCUT2D eigenvalue weighted by Crippen LogP contribution is 2.45. The summed E-state index contributed by atoms with van der Waals surface area (Å²) < 4.78 is 21.0. The number of carboxylic acid groups (broad SMARTS) is 1. The monoisotopic (exact) mass is 262 g/mol. The fraction of sp³-hybridized carbons (Fsp3) is 0.800. The molecule has 0 aliphatic rings. The van der Waals surface area contributed by atoms with E-state index in [-0.39, 0.29) is 6.42 Å². The van der Waals surface area contributed by atoms with Crippen molar-refractivity contribution in [3.8, 4) is 0 Å². The SMILES string of the molecule is O=C(O)C(CCCP(=O)(O)O)P(=O)(O)O. The van der Waals surface area contributed by atoms with E-state index < -0.39 is 39.4 Å². The van der Waals surface area contributed by atoms with Crippen LogP contribution >= 0.6 is 15.2 Å². The van der Waals surface area contributed by atoms with Crippen LogP contribution < -0.4 is 0 Å². The maximum atomic E-state index is 10.6. The molecule has 1 atom stereocenters. The Morgan fingerprint density at radius 2 is 1.60 bits per heavy atom. The lowest BCUT2D eigenvalue weighted by Gasteiger charge is -2.13. The summed E-state index contributed by atoms with van der Waals surface area (Å²) in [6.45, 7) is 0. The third-order valence-corrected chi connectivity index (χ3v) is 3.81. The number of rotatable bonds is 6. The van der Waals surface area contributed by atoms with Crippen LogP contribution in [0.2, 0.25) is 0 Å². The fourth-order valence-electron chi connectivity index (χ4n) is 0.926. The lowest BCUT2D eigenvalue weighted by molar-refractivity contribution is -0.137. The van der Waals surface area contributed by atoms with Crippen molar-refractivity contribution >= 4 is 21.2 Å². The molecule has 0 aromatic rings. The Bertz CT molecular complexity index is 313. The molecule has 0 heterocycles. The number of carbonyl (C=O) groups is 1. The van der Waals surface area contributed by atoms with Crippen LogP contribution in [-0.4, -0.2) is 42.5 Å². The van der Waals surface area contributed by atoms with Crippen LogP contribution in [0, 0.1) is 0 Å². The van der Waals surface area contributed by atoms with Crippen molar-refractivity contribution in [3.05, 3.63) is 0 Å². The zero-order chi connectivity index (χ0) is 12.3. The second kappa shape index (κ2) is 5.21. The minimum atomic E-state index is -4.77. The van der Waals surface area contributed by atoms with Crippen molar-refractivity contribution in [3.63, 3.8) is 0 Å². The van der Waals surface area contributed by atoms with Crippen molar-refractivity contribution in [2.24, 2.45) is 0 Å². The summed E-state index contributed by atoms with van der Waals surface area (Å²) in [7, 11) is -9.02. The third-order valence-electron chi connectivity index (χ3n) is 1.62. The predicted molar refractivity (Wildman–Crippen MR) is 49.6 cm³/mol. The largest absolute Gasteiger partial charge is 0.481 e. The number of carboxylic acids is 1. The van der Waals surface area contributed by atoms with Gasteiger partial charge in [0.15, 0.2) is 5.66 Å². The van der Waals surface area contributed by atoms with E-state index in [2.05, 4.69) is 0 Å². The number of hydrogen-bond donors (Lipinski definition) is 5. The average Bonchev–Trinajstić information content (AvgIpc) is 1.92. The van der Waals surface area contributed by atoms with Gasteiger partial charge in [0.05, 0.1) is 0 Å². The summed E-state index contributed by atoms with van der Waals surface area (Å²) >= 11 is 0. The standard InChI is InChI=1S/C5H12O8P2/c6-5(7)4(15(11,12)13)2-1-3-14(8,9)10/h4H,1-3H2,(H,6,7)(H2,8,9,10)(H2,11,12,13). The second-order valence-electron chi connectivity index (χ2n) is 2.97. The first kappa shape index (κ1) is 14.8. The van der Waals surface area contributed by atoms with Gasteiger partial charge in [-0.1, -0.05) is 0 Å². The topological polar surface area (TPSA) is 152 Å². The molecule has 0 aliphatic heterocycles. The van der Waals surface area contributed by atoms with Gasteiger partial charge in [-0.25, -0.2) is 0 Å². The molecule has 5 N–H and O–H groups in total. The van der Waals surface area contributed by atoms with Crippen LogP contribution in [-0.2, 0) is 13.9 Å². The van der Waals surface area contributed by atoms with Crippen LogP contribution in [0.1, 0.15) is 12.8 Å². The molecule has 8 nitrogen and oxygen atoms in total. The zero-order valence-electron chi connectivity index (χ0n) is 7.55. The molecule has 0 aromatic heterocycles. The first-order valence-electron chi connectivity index (χ1n) is 3.86. The van der Waals surface area contributed by atoms with Gasteiger partial charge in [0, 0.05) is 6.16 Å². The highest BCUT2D eigenvalue weighted by Gasteiger charge is 2.35. The second-order valence-corrected chi connectivity index (χ2v) is 6.55. The predicted octanol–water partition coefficient (Wildman–Crippen LogP) is -0.425. The molecule has 0 aromatic carbocycles. The zero-order valence-corrected chi connectivity index (χ0v) is 9.34. The van der Waals surface area contributed by atoms with E-state index in [9.17, 15) is 13.9 Å². The fourth-order valence-corrected chi connectivity index (χ4v) is 2.33. The molecular formula is C5H12O8P2. The minimum absolute atomic E-state index is 0.258. The smallest absolute Gasteiger partial charge is 0.339 e. The van der Waals surface area contributed by atoms with Gasteiger partial charge in [0.2, 0.25) is 0 Å². The molecule has 0 rings (SSSR count). The maximum absolute atomic E-state index is 10.6. The Morgan fingerprint density at radius 3 is 1.87 bits per heavy atom. The van der Waals surface area contributed by atoms with E-state index in [0.717, 1.165) is 0 Å². The van der Waals surface area contributed by atoms with E-state index in [1.165, 1.54) is 0 Å². The quantitative estimate of drug-likeness (QED) is 0.404. The van der Waals surface area contributed by atoms with Gasteiger partial charge in [-0.15, -0.1) is 0 Å². The Morgan fingerprint density at radius 1 is 1.13 bits per heavy atom. The molecule has 0 saturated carbocycles. The summed E-state index contributed by atoms with van der Waals surface area (Å²) in [5.41, 5.74) is -1.90. The lowest BCUT2D eigenvalue weighted by atomic mass is 10.2. The molecule has 1 unspecified atom stereocenters. The Kier molecular flexibility index (Phi) is 5.13. The van der Waals surface area contributed by atoms with Gasteiger partial charge in [-0.3, -0.25) is 13.9 Å². The van der Waals surface area contributed by atoms with Crippen molar-refractivity contribution in [2.45, 2.75) is 18.5 Å². The summed E-state index contributed by atoms with van der Waals surface area (Å²) in [4.78, 5) is 44.5. The van der Waals surface area contributed by atoms with Gasteiger partial charge in [-0.05, 0) is 12.8 Å². The van der Waals surface area contributed by atoms with Crippen LogP contribution in [0.3, 0.4) is 0 Å². The van der Waals surface area contributed by atoms with Crippen molar-refractivity contribution < 1.29 is 38.6 Å². The molecule has 0 spiro atoms. The van der Waals surface area contributed by atoms with Gasteiger partial charge < -0.3 is 24.7 Å². The Hall–Kier alpha value is -0.230. The van der Waals surface area contributed by atoms with Gasteiger partial charge in [0.25, 0.3) is 0 Å². The molecule has 10 heteroatoms. The van der Waals surface area contributed by atoms with Crippen LogP contribution in [0.25, 0.3) is 0 Å². The van der Waals surface area contributed by atoms with Crippen molar-refractivity contribution in [1.29, 1.82) is 0 Å². The van der Waals surface area contributed by atoms with E-state index in [1.807, 2.05) is 0 Å². The first-order chi connectivity index (χ1) is 6.54. The molecule has 0 radical (unpaired) electrons. The average molecular weight is 262 g/mol. The first-order valence-corrected chi connectivity index (χ1v) is 7.34. The minimum Gasteiger partial charge on any atom is -0.481 e. The molecule has 0 fully saturated rings. The van der Waals surface area contributed by atoms with Gasteiger partial charge in [-0.2, -0.15) is 0 Å². The molecule has 0 amide bonds. The summed E-state index contributed by atoms with van der Waals surface area (Å²) in [5.74, 6) is -1.67. The molecule has 0 bridgehead atoms. The van der Waals surface area contributed by atoms with Crippen LogP contribution in [0.5, 0.6) is 0 Å². The molecular weight excluding hydrogens is 250 g/mol. The molecule has 0 aliphatic carbocycles. The van der Waals surface area contributed by atoms with E-state index >= 15 is 0 Å².